The summed E-state index contributed by atoms with van der Waals surface area (Å²) in [5.41, 5.74) is 0.963. The maximum absolute atomic E-state index is 13.0. The minimum atomic E-state index is -3.52. The average Bonchev–Trinajstić information content (AvgIpc) is 2.80. The van der Waals surface area contributed by atoms with Crippen LogP contribution in [-0.2, 0) is 14.8 Å². The van der Waals surface area contributed by atoms with E-state index >= 15 is 0 Å². The Morgan fingerprint density at radius 1 is 1.00 bits per heavy atom. The van der Waals surface area contributed by atoms with Crippen molar-refractivity contribution in [1.29, 1.82) is 0 Å². The Kier molecular flexibility index (Phi) is 6.35. The van der Waals surface area contributed by atoms with Crippen LogP contribution in [-0.4, -0.2) is 82.0 Å². The van der Waals surface area contributed by atoms with Crippen LogP contribution in [0.15, 0.2) is 41.4 Å². The van der Waals surface area contributed by atoms with Crippen molar-refractivity contribution in [3.05, 3.63) is 36.5 Å². The molecule has 2 aromatic rings. The fraction of sp³-hybridized carbons (Fsp3) is 0.500. The van der Waals surface area contributed by atoms with E-state index in [1.807, 2.05) is 13.0 Å². The fourth-order valence-corrected chi connectivity index (χ4v) is 5.10. The van der Waals surface area contributed by atoms with E-state index < -0.39 is 10.0 Å². The van der Waals surface area contributed by atoms with Crippen molar-refractivity contribution in [2.24, 2.45) is 0 Å². The molecule has 0 bridgehead atoms. The molecule has 9 nitrogen and oxygen atoms in total. The third kappa shape index (κ3) is 4.50. The van der Waals surface area contributed by atoms with E-state index in [9.17, 15) is 8.42 Å². The zero-order valence-electron chi connectivity index (χ0n) is 17.1. The van der Waals surface area contributed by atoms with Crippen molar-refractivity contribution in [3.8, 4) is 5.75 Å². The molecule has 3 heterocycles. The molecule has 0 aliphatic carbocycles. The van der Waals surface area contributed by atoms with Gasteiger partial charge in [0.1, 0.15) is 5.75 Å². The summed E-state index contributed by atoms with van der Waals surface area (Å²) in [6, 6.07) is 8.63. The van der Waals surface area contributed by atoms with Gasteiger partial charge in [0.25, 0.3) is 0 Å². The highest BCUT2D eigenvalue weighted by Crippen LogP contribution is 2.24. The summed E-state index contributed by atoms with van der Waals surface area (Å²) in [4.78, 5) is 4.61. The summed E-state index contributed by atoms with van der Waals surface area (Å²) in [7, 11) is -3.52. The van der Waals surface area contributed by atoms with E-state index in [1.54, 1.807) is 30.5 Å². The van der Waals surface area contributed by atoms with Gasteiger partial charge in [-0.15, -0.1) is 5.10 Å². The van der Waals surface area contributed by atoms with E-state index in [0.29, 0.717) is 56.6 Å². The van der Waals surface area contributed by atoms with Gasteiger partial charge >= 0.3 is 0 Å². The molecular formula is C20H27N5O4S. The molecule has 1 aromatic heterocycles. The summed E-state index contributed by atoms with van der Waals surface area (Å²) < 4.78 is 38.3. The minimum absolute atomic E-state index is 0.291. The minimum Gasteiger partial charge on any atom is -0.494 e. The summed E-state index contributed by atoms with van der Waals surface area (Å²) >= 11 is 0. The molecule has 0 atom stereocenters. The molecule has 0 radical (unpaired) electrons. The number of benzene rings is 1. The lowest BCUT2D eigenvalue weighted by Gasteiger charge is -2.35. The standard InChI is InChI=1S/C20H27N5O4S/c1-2-29-18-3-5-19(6-4-18)30(26,27)25-9-7-23(8-10-25)17-15-20(22-21-16-17)24-11-13-28-14-12-24/h3-6,15-16H,2,7-14H2,1H3. The van der Waals surface area contributed by atoms with Gasteiger partial charge in [0.15, 0.2) is 5.82 Å². The highest BCUT2D eigenvalue weighted by atomic mass is 32.2. The molecule has 0 N–H and O–H groups in total. The number of anilines is 2. The van der Waals surface area contributed by atoms with Crippen LogP contribution in [0.1, 0.15) is 6.92 Å². The molecule has 162 valence electrons. The maximum Gasteiger partial charge on any atom is 0.243 e. The summed E-state index contributed by atoms with van der Waals surface area (Å²) in [5, 5.41) is 8.41. The van der Waals surface area contributed by atoms with Crippen molar-refractivity contribution in [3.63, 3.8) is 0 Å². The third-order valence-corrected chi connectivity index (χ3v) is 7.25. The van der Waals surface area contributed by atoms with Gasteiger partial charge < -0.3 is 19.3 Å². The molecule has 2 saturated heterocycles. The second kappa shape index (κ2) is 9.15. The van der Waals surface area contributed by atoms with Gasteiger partial charge in [-0.1, -0.05) is 0 Å². The van der Waals surface area contributed by atoms with Crippen LogP contribution >= 0.6 is 0 Å². The fourth-order valence-electron chi connectivity index (χ4n) is 3.68. The van der Waals surface area contributed by atoms with Crippen LogP contribution in [0.4, 0.5) is 11.5 Å². The normalized spacial score (nSPS) is 18.4. The first-order chi connectivity index (χ1) is 14.6. The van der Waals surface area contributed by atoms with Crippen molar-refractivity contribution in [1.82, 2.24) is 14.5 Å². The second-order valence-corrected chi connectivity index (χ2v) is 9.10. The van der Waals surface area contributed by atoms with Crippen LogP contribution in [0.25, 0.3) is 0 Å². The van der Waals surface area contributed by atoms with Crippen LogP contribution in [0.3, 0.4) is 0 Å². The molecule has 1 aromatic carbocycles. The number of hydrogen-bond acceptors (Lipinski definition) is 8. The molecule has 0 unspecified atom stereocenters. The van der Waals surface area contributed by atoms with E-state index in [2.05, 4.69) is 20.0 Å². The molecule has 0 saturated carbocycles. The lowest BCUT2D eigenvalue weighted by Crippen LogP contribution is -2.48. The number of sulfonamides is 1. The van der Waals surface area contributed by atoms with E-state index in [-0.39, 0.29) is 0 Å². The highest BCUT2D eigenvalue weighted by Gasteiger charge is 2.29. The molecular weight excluding hydrogens is 406 g/mol. The molecule has 4 rings (SSSR count). The maximum atomic E-state index is 13.0. The predicted molar refractivity (Wildman–Crippen MR) is 114 cm³/mol. The van der Waals surface area contributed by atoms with E-state index in [4.69, 9.17) is 9.47 Å². The van der Waals surface area contributed by atoms with Crippen molar-refractivity contribution < 1.29 is 17.9 Å². The molecule has 0 amide bonds. The Morgan fingerprint density at radius 2 is 1.70 bits per heavy atom. The topological polar surface area (TPSA) is 88.1 Å². The Bertz CT molecular complexity index is 940. The van der Waals surface area contributed by atoms with Gasteiger partial charge in [-0.25, -0.2) is 8.42 Å². The molecule has 30 heavy (non-hydrogen) atoms. The average molecular weight is 434 g/mol. The van der Waals surface area contributed by atoms with Gasteiger partial charge in [-0.3, -0.25) is 0 Å². The van der Waals surface area contributed by atoms with Crippen LogP contribution < -0.4 is 14.5 Å². The lowest BCUT2D eigenvalue weighted by atomic mass is 10.3. The quantitative estimate of drug-likeness (QED) is 0.672. The van der Waals surface area contributed by atoms with E-state index in [1.165, 1.54) is 4.31 Å². The second-order valence-electron chi connectivity index (χ2n) is 7.17. The Labute approximate surface area is 177 Å². The zero-order valence-corrected chi connectivity index (χ0v) is 17.9. The third-order valence-electron chi connectivity index (χ3n) is 5.34. The number of rotatable bonds is 6. The Morgan fingerprint density at radius 3 is 2.37 bits per heavy atom. The van der Waals surface area contributed by atoms with Crippen molar-refractivity contribution in [2.75, 3.05) is 68.9 Å². The first kappa shape index (κ1) is 20.8. The lowest BCUT2D eigenvalue weighted by molar-refractivity contribution is 0.122. The van der Waals surface area contributed by atoms with Gasteiger partial charge in [0.2, 0.25) is 10.0 Å². The molecule has 2 aliphatic rings. The summed E-state index contributed by atoms with van der Waals surface area (Å²) in [6.07, 6.45) is 1.74. The SMILES string of the molecule is CCOc1ccc(S(=O)(=O)N2CCN(c3cnnc(N4CCOCC4)c3)CC2)cc1. The number of piperazine rings is 1. The highest BCUT2D eigenvalue weighted by molar-refractivity contribution is 7.89. The zero-order chi connectivity index (χ0) is 21.0. The monoisotopic (exact) mass is 433 g/mol. The number of ether oxygens (including phenoxy) is 2. The first-order valence-corrected chi connectivity index (χ1v) is 11.7. The van der Waals surface area contributed by atoms with Crippen molar-refractivity contribution >= 4 is 21.5 Å². The molecule has 2 fully saturated rings. The van der Waals surface area contributed by atoms with Crippen LogP contribution in [0.5, 0.6) is 5.75 Å². The number of nitrogens with zero attached hydrogens (tertiary/aromatic N) is 5. The molecule has 10 heteroatoms. The van der Waals surface area contributed by atoms with Gasteiger partial charge in [-0.05, 0) is 31.2 Å². The van der Waals surface area contributed by atoms with Crippen molar-refractivity contribution in [2.45, 2.75) is 11.8 Å². The predicted octanol–water partition coefficient (Wildman–Crippen LogP) is 1.22. The van der Waals surface area contributed by atoms with Gasteiger partial charge in [0, 0.05) is 45.3 Å². The molecule has 2 aliphatic heterocycles. The van der Waals surface area contributed by atoms with E-state index in [0.717, 1.165) is 24.6 Å². The van der Waals surface area contributed by atoms with Gasteiger partial charge in [0.05, 0.1) is 36.6 Å². The smallest absolute Gasteiger partial charge is 0.243 e. The number of hydrogen-bond donors (Lipinski definition) is 0. The summed E-state index contributed by atoms with van der Waals surface area (Å²) in [5.74, 6) is 1.50. The van der Waals surface area contributed by atoms with Gasteiger partial charge in [-0.2, -0.15) is 9.40 Å². The Hall–Kier alpha value is -2.43. The first-order valence-electron chi connectivity index (χ1n) is 10.2. The summed E-state index contributed by atoms with van der Waals surface area (Å²) in [6.45, 7) is 7.46. The number of aromatic nitrogens is 2. The Balaban J connectivity index is 1.41. The van der Waals surface area contributed by atoms with Crippen LogP contribution in [0, 0.1) is 0 Å². The molecule has 0 spiro atoms. The van der Waals surface area contributed by atoms with Crippen LogP contribution in [0.2, 0.25) is 0 Å². The number of morpholine rings is 1. The largest absolute Gasteiger partial charge is 0.494 e.